The highest BCUT2D eigenvalue weighted by molar-refractivity contribution is 8.13. The molecule has 2 aromatic rings. The first kappa shape index (κ1) is 13.1. The third-order valence-electron chi connectivity index (χ3n) is 2.99. The van der Waals surface area contributed by atoms with Crippen molar-refractivity contribution in [3.05, 3.63) is 29.5 Å². The molecule has 0 saturated carbocycles. The van der Waals surface area contributed by atoms with E-state index in [0.29, 0.717) is 22.9 Å². The highest BCUT2D eigenvalue weighted by Gasteiger charge is 2.20. The zero-order chi connectivity index (χ0) is 13.5. The van der Waals surface area contributed by atoms with E-state index in [1.54, 1.807) is 16.8 Å². The molecular formula is C12H12ClNO3S. The van der Waals surface area contributed by atoms with Crippen molar-refractivity contribution in [2.75, 3.05) is 0 Å². The van der Waals surface area contributed by atoms with E-state index in [1.165, 1.54) is 6.07 Å². The van der Waals surface area contributed by atoms with Crippen LogP contribution in [0, 0.1) is 0 Å². The minimum atomic E-state index is -3.81. The third-order valence-corrected chi connectivity index (χ3v) is 4.40. The molecule has 0 saturated heterocycles. The van der Waals surface area contributed by atoms with Crippen molar-refractivity contribution in [2.45, 2.75) is 18.2 Å². The Morgan fingerprint density at radius 1 is 1.39 bits per heavy atom. The van der Waals surface area contributed by atoms with Gasteiger partial charge in [-0.1, -0.05) is 6.92 Å². The number of hydrogen-bond acceptors (Lipinski definition) is 3. The Kier molecular flexibility index (Phi) is 3.21. The molecule has 0 unspecified atom stereocenters. The maximum Gasteiger partial charge on any atom is 0.261 e. The average Bonchev–Trinajstić information content (AvgIpc) is 2.64. The van der Waals surface area contributed by atoms with Crippen LogP contribution >= 0.6 is 10.7 Å². The molecule has 4 nitrogen and oxygen atoms in total. The lowest BCUT2D eigenvalue weighted by molar-refractivity contribution is 0.112. The number of fused-ring (bicyclic) bond motifs is 1. The number of nitrogens with zero attached hydrogens (tertiary/aromatic N) is 1. The second-order valence-electron chi connectivity index (χ2n) is 4.04. The van der Waals surface area contributed by atoms with Crippen LogP contribution in [0.4, 0.5) is 0 Å². The largest absolute Gasteiger partial charge is 0.350 e. The summed E-state index contributed by atoms with van der Waals surface area (Å²) in [5, 5.41) is 0.664. The van der Waals surface area contributed by atoms with E-state index in [9.17, 15) is 13.2 Å². The van der Waals surface area contributed by atoms with Crippen LogP contribution in [0.5, 0.6) is 0 Å². The van der Waals surface area contributed by atoms with Crippen LogP contribution in [0.2, 0.25) is 0 Å². The third kappa shape index (κ3) is 1.93. The number of carbonyl (C=O) groups excluding carboxylic acids is 1. The van der Waals surface area contributed by atoms with E-state index in [2.05, 4.69) is 0 Å². The molecule has 1 heterocycles. The normalized spacial score (nSPS) is 11.9. The molecular weight excluding hydrogens is 274 g/mol. The number of rotatable bonds is 3. The monoisotopic (exact) mass is 285 g/mol. The van der Waals surface area contributed by atoms with Crippen LogP contribution in [-0.4, -0.2) is 19.3 Å². The molecule has 2 rings (SSSR count). The molecule has 0 radical (unpaired) electrons. The summed E-state index contributed by atoms with van der Waals surface area (Å²) in [6, 6.07) is 3.15. The maximum absolute atomic E-state index is 11.5. The van der Waals surface area contributed by atoms with Crippen molar-refractivity contribution in [3.8, 4) is 0 Å². The summed E-state index contributed by atoms with van der Waals surface area (Å²) < 4.78 is 24.9. The first-order chi connectivity index (χ1) is 8.40. The van der Waals surface area contributed by atoms with Gasteiger partial charge in [0, 0.05) is 40.4 Å². The van der Waals surface area contributed by atoms with Gasteiger partial charge in [0.25, 0.3) is 9.05 Å². The zero-order valence-electron chi connectivity index (χ0n) is 9.97. The van der Waals surface area contributed by atoms with Crippen molar-refractivity contribution >= 4 is 36.9 Å². The Hall–Kier alpha value is -1.33. The highest BCUT2D eigenvalue weighted by Crippen LogP contribution is 2.31. The van der Waals surface area contributed by atoms with Crippen molar-refractivity contribution in [1.82, 2.24) is 4.57 Å². The fraction of sp³-hybridized carbons (Fsp3) is 0.250. The van der Waals surface area contributed by atoms with E-state index in [4.69, 9.17) is 10.7 Å². The van der Waals surface area contributed by atoms with E-state index in [1.807, 2.05) is 14.0 Å². The first-order valence-corrected chi connectivity index (χ1v) is 7.71. The molecule has 0 aliphatic carbocycles. The van der Waals surface area contributed by atoms with Crippen LogP contribution in [-0.2, 0) is 22.5 Å². The molecule has 0 spiro atoms. The van der Waals surface area contributed by atoms with E-state index in [0.717, 1.165) is 11.8 Å². The van der Waals surface area contributed by atoms with Gasteiger partial charge in [0.1, 0.15) is 0 Å². The summed E-state index contributed by atoms with van der Waals surface area (Å²) >= 11 is 0. The molecule has 1 aromatic heterocycles. The lowest BCUT2D eigenvalue weighted by atomic mass is 10.0. The summed E-state index contributed by atoms with van der Waals surface area (Å²) in [6.45, 7) is 1.84. The summed E-state index contributed by atoms with van der Waals surface area (Å²) in [5.41, 5.74) is 1.88. The number of hydrogen-bond donors (Lipinski definition) is 0. The van der Waals surface area contributed by atoms with Crippen molar-refractivity contribution in [1.29, 1.82) is 0 Å². The minimum Gasteiger partial charge on any atom is -0.350 e. The van der Waals surface area contributed by atoms with Gasteiger partial charge >= 0.3 is 0 Å². The lowest BCUT2D eigenvalue weighted by Crippen LogP contribution is -1.99. The highest BCUT2D eigenvalue weighted by atomic mass is 35.7. The SMILES string of the molecule is CCc1c(S(=O)(=O)Cl)ccc2c1c(C=O)cn2C. The Balaban J connectivity index is 3.00. The van der Waals surface area contributed by atoms with Gasteiger partial charge in [0.2, 0.25) is 0 Å². The second-order valence-corrected chi connectivity index (χ2v) is 6.58. The standard InChI is InChI=1S/C12H12ClNO3S/c1-3-9-11(18(13,16)17)5-4-10-12(9)8(7-15)6-14(10)2/h4-7H,3H2,1-2H3. The van der Waals surface area contributed by atoms with Crippen LogP contribution in [0.3, 0.4) is 0 Å². The lowest BCUT2D eigenvalue weighted by Gasteiger charge is -2.07. The molecule has 6 heteroatoms. The zero-order valence-corrected chi connectivity index (χ0v) is 11.5. The predicted octanol–water partition coefficient (Wildman–Crippen LogP) is 2.48. The molecule has 0 bridgehead atoms. The van der Waals surface area contributed by atoms with Crippen molar-refractivity contribution in [2.24, 2.45) is 7.05 Å². The summed E-state index contributed by atoms with van der Waals surface area (Å²) in [5.74, 6) is 0. The van der Waals surface area contributed by atoms with Crippen LogP contribution < -0.4 is 0 Å². The number of aromatic nitrogens is 1. The molecule has 0 aliphatic rings. The van der Waals surface area contributed by atoms with Gasteiger partial charge in [0.05, 0.1) is 4.90 Å². The minimum absolute atomic E-state index is 0.0773. The quantitative estimate of drug-likeness (QED) is 0.643. The maximum atomic E-state index is 11.5. The van der Waals surface area contributed by atoms with Gasteiger partial charge in [-0.3, -0.25) is 4.79 Å². The molecule has 0 amide bonds. The van der Waals surface area contributed by atoms with Crippen molar-refractivity contribution in [3.63, 3.8) is 0 Å². The van der Waals surface area contributed by atoms with Gasteiger partial charge in [-0.15, -0.1) is 0 Å². The molecule has 1 aromatic carbocycles. The Morgan fingerprint density at radius 3 is 2.56 bits per heavy atom. The van der Waals surface area contributed by atoms with Gasteiger partial charge in [0.15, 0.2) is 6.29 Å². The smallest absolute Gasteiger partial charge is 0.261 e. The molecule has 0 aliphatic heterocycles. The van der Waals surface area contributed by atoms with Gasteiger partial charge in [-0.25, -0.2) is 8.42 Å². The molecule has 0 N–H and O–H groups in total. The molecule has 96 valence electrons. The fourth-order valence-electron chi connectivity index (χ4n) is 2.24. The van der Waals surface area contributed by atoms with Crippen LogP contribution in [0.1, 0.15) is 22.8 Å². The number of benzene rings is 1. The summed E-state index contributed by atoms with van der Waals surface area (Å²) in [7, 11) is 3.43. The second kappa shape index (κ2) is 4.40. The van der Waals surface area contributed by atoms with Gasteiger partial charge in [-0.2, -0.15) is 0 Å². The van der Waals surface area contributed by atoms with Crippen molar-refractivity contribution < 1.29 is 13.2 Å². The Labute approximate surface area is 110 Å². The van der Waals surface area contributed by atoms with Crippen LogP contribution in [0.25, 0.3) is 10.9 Å². The van der Waals surface area contributed by atoms with E-state index in [-0.39, 0.29) is 4.90 Å². The number of carbonyl (C=O) groups is 1. The fourth-order valence-corrected chi connectivity index (χ4v) is 3.45. The Morgan fingerprint density at radius 2 is 2.06 bits per heavy atom. The first-order valence-electron chi connectivity index (χ1n) is 5.41. The van der Waals surface area contributed by atoms with Crippen LogP contribution in [0.15, 0.2) is 23.2 Å². The average molecular weight is 286 g/mol. The number of halogens is 1. The topological polar surface area (TPSA) is 56.1 Å². The summed E-state index contributed by atoms with van der Waals surface area (Å²) in [6.07, 6.45) is 2.90. The molecule has 0 atom stereocenters. The number of aryl methyl sites for hydroxylation is 2. The Bertz CT molecular complexity index is 731. The molecule has 0 fully saturated rings. The summed E-state index contributed by atoms with van der Waals surface area (Å²) in [4.78, 5) is 11.1. The molecule has 18 heavy (non-hydrogen) atoms. The van der Waals surface area contributed by atoms with E-state index >= 15 is 0 Å². The van der Waals surface area contributed by atoms with Gasteiger partial charge in [-0.05, 0) is 24.1 Å². The predicted molar refractivity (Wildman–Crippen MR) is 70.7 cm³/mol. The van der Waals surface area contributed by atoms with Gasteiger partial charge < -0.3 is 4.57 Å². The van der Waals surface area contributed by atoms with E-state index < -0.39 is 9.05 Å². The number of aldehydes is 1.